The highest BCUT2D eigenvalue weighted by molar-refractivity contribution is 6.10. The summed E-state index contributed by atoms with van der Waals surface area (Å²) in [5.41, 5.74) is 5.73. The molecule has 0 amide bonds. The Morgan fingerprint density at radius 3 is 1.05 bits per heavy atom. The van der Waals surface area contributed by atoms with Gasteiger partial charge >= 0.3 is 0 Å². The van der Waals surface area contributed by atoms with Gasteiger partial charge in [0.1, 0.15) is 11.5 Å². The molecule has 0 heterocycles. The van der Waals surface area contributed by atoms with E-state index >= 15 is 0 Å². The smallest absolute Gasteiger partial charge is 0.135 e. The Labute approximate surface area is 245 Å². The third kappa shape index (κ3) is 4.76. The van der Waals surface area contributed by atoms with Crippen LogP contribution in [0.5, 0.6) is 11.5 Å². The molecule has 0 radical (unpaired) electrons. The first-order valence-electron chi connectivity index (χ1n) is 15.8. The van der Waals surface area contributed by atoms with Gasteiger partial charge in [-0.1, -0.05) is 126 Å². The molecule has 0 spiro atoms. The lowest BCUT2D eigenvalue weighted by Gasteiger charge is -2.21. The minimum atomic E-state index is 0.981. The van der Waals surface area contributed by atoms with Crippen LogP contribution in [0.2, 0.25) is 0 Å². The molecule has 41 heavy (non-hydrogen) atoms. The normalized spacial score (nSPS) is 11.7. The Hall–Kier alpha value is -3.84. The molecule has 6 aromatic carbocycles. The van der Waals surface area contributed by atoms with E-state index in [0.717, 1.165) is 62.9 Å². The summed E-state index contributed by atoms with van der Waals surface area (Å²) in [5, 5.41) is 10.8. The van der Waals surface area contributed by atoms with E-state index in [1.165, 1.54) is 65.3 Å². The standard InChI is InChI=1S/C40H42O/c1-5-15-27-29-19-9-11-21-31(29)33(17-7-3)39-35(27)23-13-25-37(39)41-38-26-14-24-36-28(16-6-2)30-20-10-12-22-32(30)34(18-8-4)40(36)38/h9-14,19-26H,5-8,15-18H2,1-4H3. The second kappa shape index (κ2) is 12.0. The maximum absolute atomic E-state index is 7.14. The van der Waals surface area contributed by atoms with Gasteiger partial charge in [0.25, 0.3) is 0 Å². The van der Waals surface area contributed by atoms with Gasteiger partial charge in [0.15, 0.2) is 0 Å². The topological polar surface area (TPSA) is 9.23 Å². The van der Waals surface area contributed by atoms with Crippen molar-refractivity contribution in [3.8, 4) is 11.5 Å². The van der Waals surface area contributed by atoms with Crippen LogP contribution < -0.4 is 4.74 Å². The molecule has 0 saturated carbocycles. The number of rotatable bonds is 10. The molecular formula is C40H42O. The lowest BCUT2D eigenvalue weighted by molar-refractivity contribution is 0.493. The van der Waals surface area contributed by atoms with Gasteiger partial charge in [-0.25, -0.2) is 0 Å². The third-order valence-electron chi connectivity index (χ3n) is 8.68. The van der Waals surface area contributed by atoms with E-state index in [0.29, 0.717) is 0 Å². The second-order valence-corrected chi connectivity index (χ2v) is 11.5. The summed E-state index contributed by atoms with van der Waals surface area (Å²) in [4.78, 5) is 0. The van der Waals surface area contributed by atoms with Crippen LogP contribution in [-0.4, -0.2) is 0 Å². The van der Waals surface area contributed by atoms with Crippen molar-refractivity contribution < 1.29 is 4.74 Å². The predicted molar refractivity (Wildman–Crippen MR) is 179 cm³/mol. The second-order valence-electron chi connectivity index (χ2n) is 11.5. The maximum atomic E-state index is 7.14. The first kappa shape index (κ1) is 27.3. The van der Waals surface area contributed by atoms with E-state index in [2.05, 4.69) is 113 Å². The number of benzene rings is 6. The van der Waals surface area contributed by atoms with E-state index in [4.69, 9.17) is 4.74 Å². The van der Waals surface area contributed by atoms with E-state index in [1.807, 2.05) is 0 Å². The van der Waals surface area contributed by atoms with Crippen molar-refractivity contribution in [3.63, 3.8) is 0 Å². The van der Waals surface area contributed by atoms with Crippen molar-refractivity contribution in [1.29, 1.82) is 0 Å². The molecule has 6 rings (SSSR count). The summed E-state index contributed by atoms with van der Waals surface area (Å²) in [6.45, 7) is 9.13. The molecule has 0 fully saturated rings. The molecular weight excluding hydrogens is 496 g/mol. The Kier molecular flexibility index (Phi) is 7.97. The van der Waals surface area contributed by atoms with Crippen molar-refractivity contribution >= 4 is 43.1 Å². The zero-order valence-electron chi connectivity index (χ0n) is 25.1. The van der Waals surface area contributed by atoms with Crippen LogP contribution in [0.1, 0.15) is 75.6 Å². The third-order valence-corrected chi connectivity index (χ3v) is 8.68. The quantitative estimate of drug-likeness (QED) is 0.158. The van der Waals surface area contributed by atoms with Crippen LogP contribution in [0.3, 0.4) is 0 Å². The van der Waals surface area contributed by atoms with E-state index < -0.39 is 0 Å². The van der Waals surface area contributed by atoms with Crippen molar-refractivity contribution in [2.45, 2.75) is 79.1 Å². The Bertz CT molecular complexity index is 1720. The SMILES string of the molecule is CCCc1c2ccccc2c(CCC)c2c(Oc3cccc4c(CCC)c5ccccc5c(CCC)c34)cccc12. The van der Waals surface area contributed by atoms with Crippen LogP contribution >= 0.6 is 0 Å². The van der Waals surface area contributed by atoms with Gasteiger partial charge < -0.3 is 4.74 Å². The van der Waals surface area contributed by atoms with Gasteiger partial charge in [-0.2, -0.15) is 0 Å². The van der Waals surface area contributed by atoms with Gasteiger partial charge in [0, 0.05) is 10.8 Å². The monoisotopic (exact) mass is 538 g/mol. The van der Waals surface area contributed by atoms with Crippen molar-refractivity contribution in [1.82, 2.24) is 0 Å². The molecule has 0 aliphatic carbocycles. The fourth-order valence-corrected chi connectivity index (χ4v) is 7.11. The summed E-state index contributed by atoms with van der Waals surface area (Å²) >= 11 is 0. The fraction of sp³-hybridized carbons (Fsp3) is 0.300. The van der Waals surface area contributed by atoms with Crippen LogP contribution in [0, 0.1) is 0 Å². The highest BCUT2D eigenvalue weighted by Crippen LogP contribution is 2.44. The molecule has 0 bridgehead atoms. The van der Waals surface area contributed by atoms with Crippen LogP contribution in [-0.2, 0) is 25.7 Å². The summed E-state index contributed by atoms with van der Waals surface area (Å²) < 4.78 is 7.14. The average Bonchev–Trinajstić information content (AvgIpc) is 3.00. The molecule has 0 N–H and O–H groups in total. The summed E-state index contributed by atoms with van der Waals surface area (Å²) in [7, 11) is 0. The molecule has 6 aromatic rings. The zero-order valence-corrected chi connectivity index (χ0v) is 25.1. The molecule has 208 valence electrons. The predicted octanol–water partition coefficient (Wildman–Crippen LogP) is 11.9. The Morgan fingerprint density at radius 1 is 0.366 bits per heavy atom. The molecule has 0 aromatic heterocycles. The number of hydrogen-bond donors (Lipinski definition) is 0. The van der Waals surface area contributed by atoms with Gasteiger partial charge in [-0.05, 0) is 92.4 Å². The highest BCUT2D eigenvalue weighted by Gasteiger charge is 2.20. The lowest BCUT2D eigenvalue weighted by atomic mass is 9.87. The highest BCUT2D eigenvalue weighted by atomic mass is 16.5. The summed E-state index contributed by atoms with van der Waals surface area (Å²) in [6.07, 6.45) is 8.63. The number of aryl methyl sites for hydroxylation is 4. The van der Waals surface area contributed by atoms with Crippen LogP contribution in [0.25, 0.3) is 43.1 Å². The van der Waals surface area contributed by atoms with Gasteiger partial charge in [0.2, 0.25) is 0 Å². The molecule has 1 heteroatoms. The lowest BCUT2D eigenvalue weighted by Crippen LogP contribution is -2.00. The minimum absolute atomic E-state index is 0.981. The van der Waals surface area contributed by atoms with E-state index in [9.17, 15) is 0 Å². The van der Waals surface area contributed by atoms with E-state index in [1.54, 1.807) is 0 Å². The largest absolute Gasteiger partial charge is 0.456 e. The summed E-state index contributed by atoms with van der Waals surface area (Å²) in [6, 6.07) is 31.4. The first-order valence-corrected chi connectivity index (χ1v) is 15.8. The van der Waals surface area contributed by atoms with Gasteiger partial charge in [0.05, 0.1) is 0 Å². The minimum Gasteiger partial charge on any atom is -0.456 e. The van der Waals surface area contributed by atoms with Gasteiger partial charge in [-0.15, -0.1) is 0 Å². The van der Waals surface area contributed by atoms with Crippen LogP contribution in [0.4, 0.5) is 0 Å². The van der Waals surface area contributed by atoms with Crippen molar-refractivity contribution in [3.05, 3.63) is 107 Å². The molecule has 0 aliphatic heterocycles. The number of ether oxygens (including phenoxy) is 1. The zero-order chi connectivity index (χ0) is 28.3. The molecule has 0 unspecified atom stereocenters. The molecule has 0 atom stereocenters. The Balaban J connectivity index is 1.67. The van der Waals surface area contributed by atoms with E-state index in [-0.39, 0.29) is 0 Å². The molecule has 0 aliphatic rings. The molecule has 0 saturated heterocycles. The van der Waals surface area contributed by atoms with Gasteiger partial charge in [-0.3, -0.25) is 0 Å². The van der Waals surface area contributed by atoms with Crippen molar-refractivity contribution in [2.75, 3.05) is 0 Å². The maximum Gasteiger partial charge on any atom is 0.135 e. The number of fused-ring (bicyclic) bond motifs is 4. The van der Waals surface area contributed by atoms with Crippen LogP contribution in [0.15, 0.2) is 84.9 Å². The fourth-order valence-electron chi connectivity index (χ4n) is 7.11. The van der Waals surface area contributed by atoms with Crippen molar-refractivity contribution in [2.24, 2.45) is 0 Å². The average molecular weight is 539 g/mol. The molecule has 1 nitrogen and oxygen atoms in total. The summed E-state index contributed by atoms with van der Waals surface area (Å²) in [5.74, 6) is 1.96. The number of hydrogen-bond acceptors (Lipinski definition) is 1. The first-order chi connectivity index (χ1) is 20.2. The Morgan fingerprint density at radius 2 is 0.683 bits per heavy atom.